The number of aromatic carboxylic acids is 1. The number of benzene rings is 1. The smallest absolute Gasteiger partial charge is 0.336 e. The average Bonchev–Trinajstić information content (AvgIpc) is 3.03. The minimum absolute atomic E-state index is 0.407. The zero-order valence-corrected chi connectivity index (χ0v) is 17.2. The van der Waals surface area contributed by atoms with Crippen molar-refractivity contribution in [2.24, 2.45) is 7.05 Å². The molecule has 1 aliphatic carbocycles. The van der Waals surface area contributed by atoms with Crippen molar-refractivity contribution in [1.29, 1.82) is 0 Å². The van der Waals surface area contributed by atoms with Gasteiger partial charge in [-0.15, -0.1) is 0 Å². The van der Waals surface area contributed by atoms with Crippen LogP contribution in [0.2, 0.25) is 0 Å². The number of aryl methyl sites for hydroxylation is 1. The number of nitrogens with zero attached hydrogens (tertiary/aromatic N) is 4. The largest absolute Gasteiger partial charge is 0.478 e. The van der Waals surface area contributed by atoms with E-state index in [1.807, 2.05) is 20.2 Å². The lowest BCUT2D eigenvalue weighted by Crippen LogP contribution is -2.42. The van der Waals surface area contributed by atoms with Gasteiger partial charge in [0.2, 0.25) is 0 Å². The number of hydrogen-bond donors (Lipinski definition) is 1. The van der Waals surface area contributed by atoms with Crippen molar-refractivity contribution >= 4 is 22.6 Å². The Balaban J connectivity index is 2.09. The second kappa shape index (κ2) is 7.89. The van der Waals surface area contributed by atoms with Crippen molar-refractivity contribution in [1.82, 2.24) is 14.7 Å². The molecule has 1 N–H and O–H groups in total. The Morgan fingerprint density at radius 3 is 2.37 bits per heavy atom. The van der Waals surface area contributed by atoms with E-state index in [4.69, 9.17) is 0 Å². The van der Waals surface area contributed by atoms with E-state index >= 15 is 0 Å². The van der Waals surface area contributed by atoms with Gasteiger partial charge in [-0.1, -0.05) is 6.92 Å². The Hall–Kier alpha value is -2.08. The molecule has 1 saturated carbocycles. The summed E-state index contributed by atoms with van der Waals surface area (Å²) in [5.74, 6) is -0.858. The van der Waals surface area contributed by atoms with Gasteiger partial charge in [-0.3, -0.25) is 4.68 Å². The third kappa shape index (κ3) is 3.55. The first-order valence-electron chi connectivity index (χ1n) is 10.0. The zero-order valence-electron chi connectivity index (χ0n) is 17.2. The SMILES string of the molecule is CCc1c(C(=O)O)cc2c(cnn2C)c1N(CC)C1CCC(N(C)C)CC1. The zero-order chi connectivity index (χ0) is 19.7. The topological polar surface area (TPSA) is 61.6 Å². The van der Waals surface area contributed by atoms with Crippen molar-refractivity contribution in [3.63, 3.8) is 0 Å². The standard InChI is InChI=1S/C21H32N4O2/c1-6-16-17(21(26)27)12-19-18(13-22-24(19)5)20(16)25(7-2)15-10-8-14(9-11-15)23(3)4/h12-15H,6-11H2,1-5H3,(H,26,27). The van der Waals surface area contributed by atoms with Crippen LogP contribution in [0.25, 0.3) is 10.9 Å². The third-order valence-corrected chi connectivity index (χ3v) is 6.18. The van der Waals surface area contributed by atoms with Gasteiger partial charge in [0.25, 0.3) is 0 Å². The first kappa shape index (κ1) is 19.7. The summed E-state index contributed by atoms with van der Waals surface area (Å²) in [5, 5.41) is 15.3. The van der Waals surface area contributed by atoms with Crippen molar-refractivity contribution in [3.8, 4) is 0 Å². The second-order valence-corrected chi connectivity index (χ2v) is 7.82. The van der Waals surface area contributed by atoms with Crippen molar-refractivity contribution in [2.75, 3.05) is 25.5 Å². The van der Waals surface area contributed by atoms with Crippen molar-refractivity contribution in [2.45, 2.75) is 58.0 Å². The number of rotatable bonds is 6. The molecule has 6 heteroatoms. The van der Waals surface area contributed by atoms with Crippen LogP contribution in [0.15, 0.2) is 12.3 Å². The van der Waals surface area contributed by atoms with E-state index in [1.165, 1.54) is 12.8 Å². The lowest BCUT2D eigenvalue weighted by Gasteiger charge is -2.40. The Kier molecular flexibility index (Phi) is 5.75. The molecule has 1 aliphatic rings. The minimum atomic E-state index is -0.858. The molecule has 27 heavy (non-hydrogen) atoms. The van der Waals surface area contributed by atoms with Crippen LogP contribution in [0, 0.1) is 0 Å². The lowest BCUT2D eigenvalue weighted by molar-refractivity contribution is 0.0696. The third-order valence-electron chi connectivity index (χ3n) is 6.18. The normalized spacial score (nSPS) is 20.4. The van der Waals surface area contributed by atoms with Crippen molar-refractivity contribution < 1.29 is 9.90 Å². The molecule has 0 aliphatic heterocycles. The van der Waals surface area contributed by atoms with E-state index in [9.17, 15) is 9.90 Å². The van der Waals surface area contributed by atoms with Gasteiger partial charge >= 0.3 is 5.97 Å². The summed E-state index contributed by atoms with van der Waals surface area (Å²) in [7, 11) is 6.20. The monoisotopic (exact) mass is 372 g/mol. The number of carbonyl (C=O) groups is 1. The van der Waals surface area contributed by atoms with E-state index in [0.29, 0.717) is 24.1 Å². The molecule has 3 rings (SSSR count). The van der Waals surface area contributed by atoms with Gasteiger partial charge in [0.1, 0.15) is 0 Å². The molecule has 0 spiro atoms. The number of carboxylic acids is 1. The van der Waals surface area contributed by atoms with Crippen molar-refractivity contribution in [3.05, 3.63) is 23.4 Å². The van der Waals surface area contributed by atoms with Gasteiger partial charge < -0.3 is 14.9 Å². The Labute approximate surface area is 161 Å². The molecule has 1 aromatic carbocycles. The van der Waals surface area contributed by atoms with E-state index < -0.39 is 5.97 Å². The summed E-state index contributed by atoms with van der Waals surface area (Å²) >= 11 is 0. The molecule has 0 unspecified atom stereocenters. The fraction of sp³-hybridized carbons (Fsp3) is 0.619. The molecule has 6 nitrogen and oxygen atoms in total. The highest BCUT2D eigenvalue weighted by atomic mass is 16.4. The molecule has 1 aromatic heterocycles. The van der Waals surface area contributed by atoms with Crippen LogP contribution in [0.3, 0.4) is 0 Å². The first-order valence-corrected chi connectivity index (χ1v) is 10.0. The highest BCUT2D eigenvalue weighted by molar-refractivity contribution is 6.02. The maximum atomic E-state index is 12.0. The van der Waals surface area contributed by atoms with Gasteiger partial charge in [0.15, 0.2) is 0 Å². The number of hydrogen-bond acceptors (Lipinski definition) is 4. The molecule has 1 fully saturated rings. The Morgan fingerprint density at radius 2 is 1.85 bits per heavy atom. The van der Waals surface area contributed by atoms with E-state index in [-0.39, 0.29) is 0 Å². The van der Waals surface area contributed by atoms with E-state index in [0.717, 1.165) is 41.5 Å². The molecule has 0 radical (unpaired) electrons. The summed E-state index contributed by atoms with van der Waals surface area (Å²) in [5.41, 5.74) is 3.31. The van der Waals surface area contributed by atoms with Crippen LogP contribution in [0.1, 0.15) is 55.5 Å². The summed E-state index contributed by atoms with van der Waals surface area (Å²) in [6, 6.07) is 2.88. The van der Waals surface area contributed by atoms with Crippen LogP contribution >= 0.6 is 0 Å². The van der Waals surface area contributed by atoms with E-state index in [1.54, 1.807) is 10.7 Å². The van der Waals surface area contributed by atoms with Crippen LogP contribution in [0.5, 0.6) is 0 Å². The number of fused-ring (bicyclic) bond motifs is 1. The van der Waals surface area contributed by atoms with Crippen LogP contribution in [-0.2, 0) is 13.5 Å². The second-order valence-electron chi connectivity index (χ2n) is 7.82. The van der Waals surface area contributed by atoms with Gasteiger partial charge in [0.05, 0.1) is 23.0 Å². The molecule has 0 saturated heterocycles. The molecule has 0 amide bonds. The highest BCUT2D eigenvalue weighted by Gasteiger charge is 2.30. The van der Waals surface area contributed by atoms with Gasteiger partial charge in [-0.25, -0.2) is 4.79 Å². The average molecular weight is 373 g/mol. The molecular formula is C21H32N4O2. The summed E-state index contributed by atoms with van der Waals surface area (Å²) < 4.78 is 1.78. The minimum Gasteiger partial charge on any atom is -0.478 e. The predicted molar refractivity (Wildman–Crippen MR) is 110 cm³/mol. The van der Waals surface area contributed by atoms with Gasteiger partial charge in [-0.2, -0.15) is 5.10 Å². The molecule has 0 bridgehead atoms. The Bertz CT molecular complexity index is 819. The fourth-order valence-corrected chi connectivity index (χ4v) is 4.68. The fourth-order valence-electron chi connectivity index (χ4n) is 4.68. The molecule has 148 valence electrons. The highest BCUT2D eigenvalue weighted by Crippen LogP contribution is 2.38. The van der Waals surface area contributed by atoms with Crippen LogP contribution in [-0.4, -0.2) is 58.5 Å². The number of carboxylic acid groups (broad SMARTS) is 1. The first-order chi connectivity index (χ1) is 12.9. The van der Waals surface area contributed by atoms with E-state index in [2.05, 4.69) is 35.9 Å². The predicted octanol–water partition coefficient (Wildman–Crippen LogP) is 3.53. The molecule has 0 atom stereocenters. The van der Waals surface area contributed by atoms with Gasteiger partial charge in [-0.05, 0) is 64.8 Å². The quantitative estimate of drug-likeness (QED) is 0.840. The van der Waals surface area contributed by atoms with Crippen LogP contribution < -0.4 is 4.90 Å². The van der Waals surface area contributed by atoms with Gasteiger partial charge in [0, 0.05) is 31.1 Å². The number of aromatic nitrogens is 2. The maximum Gasteiger partial charge on any atom is 0.336 e. The molecule has 1 heterocycles. The number of anilines is 1. The van der Waals surface area contributed by atoms with Crippen LogP contribution in [0.4, 0.5) is 5.69 Å². The molecule has 2 aromatic rings. The lowest BCUT2D eigenvalue weighted by atomic mass is 9.88. The summed E-state index contributed by atoms with van der Waals surface area (Å²) in [6.45, 7) is 5.09. The Morgan fingerprint density at radius 1 is 1.22 bits per heavy atom. The molecular weight excluding hydrogens is 340 g/mol. The summed E-state index contributed by atoms with van der Waals surface area (Å²) in [6.07, 6.45) is 7.24. The summed E-state index contributed by atoms with van der Waals surface area (Å²) in [4.78, 5) is 16.7. The maximum absolute atomic E-state index is 12.0.